The lowest BCUT2D eigenvalue weighted by molar-refractivity contribution is -0.324. The highest BCUT2D eigenvalue weighted by Crippen LogP contribution is 2.45. The maximum atomic E-state index is 13.4. The van der Waals surface area contributed by atoms with Crippen LogP contribution in [0.2, 0.25) is 0 Å². The molecule has 7 nitrogen and oxygen atoms in total. The molecule has 13 heteroatoms. The highest BCUT2D eigenvalue weighted by molar-refractivity contribution is 5.82. The molecule has 3 aromatic carbocycles. The molecular weight excluding hydrogens is 572 g/mol. The van der Waals surface area contributed by atoms with Crippen molar-refractivity contribution in [1.82, 2.24) is 5.06 Å². The van der Waals surface area contributed by atoms with Crippen molar-refractivity contribution in [3.8, 4) is 11.1 Å². The van der Waals surface area contributed by atoms with E-state index in [4.69, 9.17) is 19.0 Å². The Morgan fingerprint density at radius 2 is 1.40 bits per heavy atom. The minimum Gasteiger partial charge on any atom is -0.464 e. The number of halogens is 6. The summed E-state index contributed by atoms with van der Waals surface area (Å²) in [5, 5.41) is 0.437. The van der Waals surface area contributed by atoms with E-state index in [0.29, 0.717) is 17.2 Å². The van der Waals surface area contributed by atoms with Gasteiger partial charge in [-0.3, -0.25) is 0 Å². The van der Waals surface area contributed by atoms with Gasteiger partial charge in [-0.2, -0.15) is 31.4 Å². The Morgan fingerprint density at radius 3 is 1.93 bits per heavy atom. The van der Waals surface area contributed by atoms with Crippen molar-refractivity contribution >= 4 is 12.1 Å². The lowest BCUT2D eigenvalue weighted by Crippen LogP contribution is -2.53. The third-order valence-electron chi connectivity index (χ3n) is 6.85. The van der Waals surface area contributed by atoms with E-state index in [1.165, 1.54) is 6.92 Å². The highest BCUT2D eigenvalue weighted by Gasteiger charge is 2.43. The van der Waals surface area contributed by atoms with Gasteiger partial charge >= 0.3 is 24.4 Å². The number of fused-ring (bicyclic) bond motifs is 3. The van der Waals surface area contributed by atoms with Gasteiger partial charge in [0.15, 0.2) is 6.04 Å². The summed E-state index contributed by atoms with van der Waals surface area (Å²) in [4.78, 5) is 31.3. The zero-order valence-corrected chi connectivity index (χ0v) is 21.9. The molecule has 0 bridgehead atoms. The number of rotatable bonds is 5. The maximum absolute atomic E-state index is 13.4. The number of benzene rings is 3. The van der Waals surface area contributed by atoms with E-state index in [-0.39, 0.29) is 25.2 Å². The van der Waals surface area contributed by atoms with E-state index >= 15 is 0 Å². The summed E-state index contributed by atoms with van der Waals surface area (Å²) in [6, 6.07) is 14.3. The maximum Gasteiger partial charge on any atom is 0.435 e. The van der Waals surface area contributed by atoms with Gasteiger partial charge in [-0.05, 0) is 47.4 Å². The van der Waals surface area contributed by atoms with Crippen LogP contribution in [0.25, 0.3) is 11.1 Å². The van der Waals surface area contributed by atoms with Gasteiger partial charge < -0.3 is 14.2 Å². The van der Waals surface area contributed by atoms with E-state index in [2.05, 4.69) is 0 Å². The number of hydroxylamine groups is 2. The zero-order chi connectivity index (χ0) is 30.2. The molecule has 222 valence electrons. The van der Waals surface area contributed by atoms with E-state index in [9.17, 15) is 35.9 Å². The molecule has 1 unspecified atom stereocenters. The van der Waals surface area contributed by atoms with Crippen LogP contribution in [0.1, 0.15) is 46.9 Å². The molecule has 1 aliphatic heterocycles. The molecule has 1 amide bonds. The van der Waals surface area contributed by atoms with Crippen LogP contribution in [0.4, 0.5) is 31.1 Å². The molecule has 1 fully saturated rings. The number of nitrogens with zero attached hydrogens (tertiary/aromatic N) is 1. The second kappa shape index (κ2) is 11.3. The zero-order valence-electron chi connectivity index (χ0n) is 21.9. The summed E-state index contributed by atoms with van der Waals surface area (Å²) in [5.74, 6) is -1.35. The first kappa shape index (κ1) is 29.4. The summed E-state index contributed by atoms with van der Waals surface area (Å²) >= 11 is 0. The highest BCUT2D eigenvalue weighted by atomic mass is 19.4. The van der Waals surface area contributed by atoms with Crippen molar-refractivity contribution in [3.05, 3.63) is 94.5 Å². The second-order valence-electron chi connectivity index (χ2n) is 9.51. The van der Waals surface area contributed by atoms with Crippen LogP contribution < -0.4 is 0 Å². The van der Waals surface area contributed by atoms with Crippen LogP contribution in [-0.2, 0) is 36.2 Å². The molecule has 1 saturated heterocycles. The predicted octanol–water partition coefficient (Wildman–Crippen LogP) is 6.87. The van der Waals surface area contributed by atoms with Crippen LogP contribution >= 0.6 is 0 Å². The van der Waals surface area contributed by atoms with Crippen molar-refractivity contribution in [2.24, 2.45) is 0 Å². The second-order valence-corrected chi connectivity index (χ2v) is 9.51. The average Bonchev–Trinajstić information content (AvgIpc) is 3.28. The minimum absolute atomic E-state index is 0.0446. The van der Waals surface area contributed by atoms with Crippen LogP contribution in [0.3, 0.4) is 0 Å². The largest absolute Gasteiger partial charge is 0.464 e. The van der Waals surface area contributed by atoms with E-state index in [1.807, 2.05) is 48.5 Å². The number of alkyl halides is 6. The van der Waals surface area contributed by atoms with Gasteiger partial charge in [0.05, 0.1) is 24.3 Å². The van der Waals surface area contributed by atoms with Gasteiger partial charge in [0.1, 0.15) is 6.61 Å². The van der Waals surface area contributed by atoms with Crippen molar-refractivity contribution in [1.29, 1.82) is 0 Å². The van der Waals surface area contributed by atoms with Gasteiger partial charge in [-0.1, -0.05) is 48.5 Å². The third kappa shape index (κ3) is 5.79. The van der Waals surface area contributed by atoms with Gasteiger partial charge in [-0.15, -0.1) is 0 Å². The van der Waals surface area contributed by atoms with Crippen molar-refractivity contribution in [2.75, 3.05) is 19.8 Å². The van der Waals surface area contributed by atoms with Crippen molar-refractivity contribution < 1.29 is 55.0 Å². The van der Waals surface area contributed by atoms with Gasteiger partial charge in [-0.25, -0.2) is 14.4 Å². The summed E-state index contributed by atoms with van der Waals surface area (Å²) in [7, 11) is 0. The molecule has 5 rings (SSSR count). The van der Waals surface area contributed by atoms with Crippen LogP contribution in [0, 0.1) is 0 Å². The topological polar surface area (TPSA) is 74.3 Å². The number of hydrogen-bond acceptors (Lipinski definition) is 6. The molecule has 1 heterocycles. The Kier molecular flexibility index (Phi) is 7.90. The third-order valence-corrected chi connectivity index (χ3v) is 6.85. The number of ether oxygens (including phenoxy) is 3. The van der Waals surface area contributed by atoms with Crippen LogP contribution in [0.5, 0.6) is 0 Å². The molecule has 2 atom stereocenters. The molecule has 0 spiro atoms. The first-order valence-corrected chi connectivity index (χ1v) is 12.8. The van der Waals surface area contributed by atoms with Gasteiger partial charge in [0, 0.05) is 11.5 Å². The van der Waals surface area contributed by atoms with Crippen LogP contribution in [-0.4, -0.2) is 43.0 Å². The Labute approximate surface area is 235 Å². The first-order chi connectivity index (χ1) is 19.9. The molecule has 0 N–H and O–H groups in total. The Balaban J connectivity index is 1.42. The summed E-state index contributed by atoms with van der Waals surface area (Å²) in [6.07, 6.45) is -13.3. The molecule has 0 saturated carbocycles. The fraction of sp³-hybridized carbons (Fsp3) is 0.310. The summed E-state index contributed by atoms with van der Waals surface area (Å²) in [5.41, 5.74) is -0.191. The van der Waals surface area contributed by atoms with E-state index in [0.717, 1.165) is 22.3 Å². The fourth-order valence-corrected chi connectivity index (χ4v) is 4.96. The molecule has 0 aromatic heterocycles. The smallest absolute Gasteiger partial charge is 0.435 e. The normalized spacial score (nSPS) is 18.8. The average molecular weight is 595 g/mol. The lowest BCUT2D eigenvalue weighted by Gasteiger charge is -2.36. The lowest BCUT2D eigenvalue weighted by atomic mass is 9.98. The molecule has 2 aliphatic rings. The van der Waals surface area contributed by atoms with Gasteiger partial charge in [0.2, 0.25) is 6.29 Å². The molecule has 1 aliphatic carbocycles. The fourth-order valence-electron chi connectivity index (χ4n) is 4.96. The quantitative estimate of drug-likeness (QED) is 0.237. The monoisotopic (exact) mass is 595 g/mol. The first-order valence-electron chi connectivity index (χ1n) is 12.8. The Morgan fingerprint density at radius 1 is 0.857 bits per heavy atom. The van der Waals surface area contributed by atoms with Crippen molar-refractivity contribution in [2.45, 2.75) is 37.5 Å². The Bertz CT molecular complexity index is 1410. The van der Waals surface area contributed by atoms with E-state index in [1.54, 1.807) is 0 Å². The number of esters is 1. The predicted molar refractivity (Wildman–Crippen MR) is 134 cm³/mol. The minimum atomic E-state index is -5.12. The van der Waals surface area contributed by atoms with Crippen molar-refractivity contribution in [3.63, 3.8) is 0 Å². The molecule has 0 radical (unpaired) electrons. The SMILES string of the molecule is CCOC(=O)[C@@H]1COC(c2cc(C(F)(F)F)cc(C(F)(F)F)c2)ON1C(=O)OCC1c2ccccc2-c2ccccc21. The van der Waals surface area contributed by atoms with Gasteiger partial charge in [0.25, 0.3) is 0 Å². The van der Waals surface area contributed by atoms with E-state index < -0.39 is 60.0 Å². The summed E-state index contributed by atoms with van der Waals surface area (Å²) < 4.78 is 96.3. The molecular formula is C29H23F6NO6. The number of hydrogen-bond donors (Lipinski definition) is 0. The van der Waals surface area contributed by atoms with Crippen LogP contribution in [0.15, 0.2) is 66.7 Å². The number of carbonyl (C=O) groups is 2. The number of carbonyl (C=O) groups excluding carboxylic acids is 2. The standard InChI is InChI=1S/C29H23F6NO6/c1-2-39-25(37)24-15-40-26(16-11-17(28(30,31)32)13-18(12-16)29(33,34)35)42-36(24)27(38)41-14-23-21-9-5-3-7-19(21)20-8-4-6-10-22(20)23/h3-13,23-24,26H,2,14-15H2,1H3/t24-,26?/m0/s1. The summed E-state index contributed by atoms with van der Waals surface area (Å²) in [6.45, 7) is 0.574. The molecule has 3 aromatic rings. The molecule has 42 heavy (non-hydrogen) atoms. The Hall–Kier alpha value is -4.10. The number of amides is 1.